The molecule has 1 fully saturated rings. The Balaban J connectivity index is 1.90. The zero-order chi connectivity index (χ0) is 14.0. The van der Waals surface area contributed by atoms with Crippen LogP contribution in [0.25, 0.3) is 0 Å². The van der Waals surface area contributed by atoms with Gasteiger partial charge in [0.15, 0.2) is 0 Å². The summed E-state index contributed by atoms with van der Waals surface area (Å²) in [5.41, 5.74) is -0.728. The Morgan fingerprint density at radius 2 is 2.16 bits per heavy atom. The van der Waals surface area contributed by atoms with Gasteiger partial charge in [-0.3, -0.25) is 4.79 Å². The van der Waals surface area contributed by atoms with Gasteiger partial charge in [0.1, 0.15) is 0 Å². The highest BCUT2D eigenvalue weighted by atomic mass is 79.9. The molecule has 0 bridgehead atoms. The van der Waals surface area contributed by atoms with E-state index in [1.54, 1.807) is 6.07 Å². The number of amides is 1. The molecule has 1 aliphatic rings. The Morgan fingerprint density at radius 1 is 1.53 bits per heavy atom. The second kappa shape index (κ2) is 6.24. The highest BCUT2D eigenvalue weighted by molar-refractivity contribution is 9.13. The van der Waals surface area contributed by atoms with Gasteiger partial charge in [-0.05, 0) is 69.5 Å². The summed E-state index contributed by atoms with van der Waals surface area (Å²) < 4.78 is 1.79. The summed E-state index contributed by atoms with van der Waals surface area (Å²) >= 11 is 8.12. The van der Waals surface area contributed by atoms with Crippen LogP contribution in [0.1, 0.15) is 42.3 Å². The molecule has 0 spiro atoms. The van der Waals surface area contributed by atoms with E-state index < -0.39 is 5.60 Å². The fraction of sp³-hybridized carbons (Fsp3) is 0.615. The Labute approximate surface area is 134 Å². The van der Waals surface area contributed by atoms with Crippen LogP contribution in [0, 0.1) is 5.92 Å². The van der Waals surface area contributed by atoms with Crippen molar-refractivity contribution in [1.29, 1.82) is 0 Å². The number of carbonyl (C=O) groups excluding carboxylic acids is 1. The van der Waals surface area contributed by atoms with Gasteiger partial charge in [0.05, 0.1) is 14.3 Å². The van der Waals surface area contributed by atoms with Crippen molar-refractivity contribution < 1.29 is 9.90 Å². The van der Waals surface area contributed by atoms with Gasteiger partial charge >= 0.3 is 0 Å². The lowest BCUT2D eigenvalue weighted by molar-refractivity contribution is -0.00536. The largest absolute Gasteiger partial charge is 0.388 e. The third kappa shape index (κ3) is 4.03. The standard InChI is InChI=1S/C13H17Br2NO2S/c1-8-2-4-13(18,5-3-8)7-16-12(17)10-6-9(14)11(15)19-10/h6,8,18H,2-5,7H2,1H3,(H,16,17). The molecule has 3 nitrogen and oxygen atoms in total. The molecule has 0 atom stereocenters. The summed E-state index contributed by atoms with van der Waals surface area (Å²) in [4.78, 5) is 12.7. The van der Waals surface area contributed by atoms with Crippen LogP contribution in [-0.4, -0.2) is 23.2 Å². The molecule has 1 aromatic heterocycles. The number of rotatable bonds is 3. The highest BCUT2D eigenvalue weighted by Crippen LogP contribution is 2.33. The molecular weight excluding hydrogens is 394 g/mol. The Kier molecular flexibility index (Phi) is 5.09. The van der Waals surface area contributed by atoms with E-state index in [1.807, 2.05) is 0 Å². The van der Waals surface area contributed by atoms with Crippen LogP contribution in [-0.2, 0) is 0 Å². The zero-order valence-corrected chi connectivity index (χ0v) is 14.7. The first-order valence-electron chi connectivity index (χ1n) is 6.35. The molecular formula is C13H17Br2NO2S. The van der Waals surface area contributed by atoms with E-state index in [-0.39, 0.29) is 5.91 Å². The van der Waals surface area contributed by atoms with E-state index in [2.05, 4.69) is 44.1 Å². The van der Waals surface area contributed by atoms with Crippen LogP contribution >= 0.6 is 43.2 Å². The second-order valence-electron chi connectivity index (χ2n) is 5.32. The van der Waals surface area contributed by atoms with Gasteiger partial charge in [-0.15, -0.1) is 11.3 Å². The first kappa shape index (κ1) is 15.5. The molecule has 0 radical (unpaired) electrons. The minimum atomic E-state index is -0.728. The fourth-order valence-electron chi connectivity index (χ4n) is 2.27. The first-order valence-corrected chi connectivity index (χ1v) is 8.75. The van der Waals surface area contributed by atoms with Crippen molar-refractivity contribution in [2.45, 2.75) is 38.2 Å². The van der Waals surface area contributed by atoms with Crippen molar-refractivity contribution in [3.8, 4) is 0 Å². The van der Waals surface area contributed by atoms with Crippen LogP contribution in [0.4, 0.5) is 0 Å². The molecule has 6 heteroatoms. The van der Waals surface area contributed by atoms with E-state index in [4.69, 9.17) is 0 Å². The second-order valence-corrected chi connectivity index (χ2v) is 8.55. The van der Waals surface area contributed by atoms with Crippen LogP contribution in [0.3, 0.4) is 0 Å². The first-order chi connectivity index (χ1) is 8.89. The third-order valence-electron chi connectivity index (χ3n) is 3.65. The Morgan fingerprint density at radius 3 is 2.68 bits per heavy atom. The zero-order valence-electron chi connectivity index (χ0n) is 10.7. The molecule has 1 aromatic rings. The maximum Gasteiger partial charge on any atom is 0.261 e. The molecule has 106 valence electrons. The summed E-state index contributed by atoms with van der Waals surface area (Å²) in [7, 11) is 0. The molecule has 0 aliphatic heterocycles. The Bertz CT molecular complexity index is 448. The van der Waals surface area contributed by atoms with Crippen molar-refractivity contribution in [3.63, 3.8) is 0 Å². The molecule has 2 rings (SSSR count). The molecule has 1 aliphatic carbocycles. The number of carbonyl (C=O) groups is 1. The average molecular weight is 411 g/mol. The van der Waals surface area contributed by atoms with Gasteiger partial charge in [0.25, 0.3) is 5.91 Å². The average Bonchev–Trinajstić information content (AvgIpc) is 2.71. The van der Waals surface area contributed by atoms with Gasteiger partial charge < -0.3 is 10.4 Å². The molecule has 19 heavy (non-hydrogen) atoms. The van der Waals surface area contributed by atoms with Crippen molar-refractivity contribution in [1.82, 2.24) is 5.32 Å². The molecule has 0 saturated heterocycles. The number of hydrogen-bond donors (Lipinski definition) is 2. The number of hydrogen-bond acceptors (Lipinski definition) is 3. The lowest BCUT2D eigenvalue weighted by atomic mass is 9.79. The minimum absolute atomic E-state index is 0.122. The smallest absolute Gasteiger partial charge is 0.261 e. The van der Waals surface area contributed by atoms with E-state index >= 15 is 0 Å². The summed E-state index contributed by atoms with van der Waals surface area (Å²) in [5, 5.41) is 13.3. The van der Waals surface area contributed by atoms with Gasteiger partial charge in [0, 0.05) is 11.0 Å². The minimum Gasteiger partial charge on any atom is -0.388 e. The molecule has 0 unspecified atom stereocenters. The number of halogens is 2. The van der Waals surface area contributed by atoms with Gasteiger partial charge in [-0.1, -0.05) is 6.92 Å². The van der Waals surface area contributed by atoms with E-state index in [0.717, 1.165) is 33.9 Å². The number of thiophene rings is 1. The summed E-state index contributed by atoms with van der Waals surface area (Å²) in [6.07, 6.45) is 3.60. The predicted octanol–water partition coefficient (Wildman–Crippen LogP) is 3.94. The lowest BCUT2D eigenvalue weighted by Gasteiger charge is -2.34. The normalized spacial score (nSPS) is 27.3. The van der Waals surface area contributed by atoms with Crippen LogP contribution in [0.15, 0.2) is 14.3 Å². The predicted molar refractivity (Wildman–Crippen MR) is 84.6 cm³/mol. The topological polar surface area (TPSA) is 49.3 Å². The number of aliphatic hydroxyl groups is 1. The molecule has 1 saturated carbocycles. The summed E-state index contributed by atoms with van der Waals surface area (Å²) in [5.74, 6) is 0.559. The molecule has 2 N–H and O–H groups in total. The monoisotopic (exact) mass is 409 g/mol. The fourth-order valence-corrected chi connectivity index (χ4v) is 4.22. The molecule has 1 heterocycles. The van der Waals surface area contributed by atoms with Crippen LogP contribution < -0.4 is 5.32 Å². The summed E-state index contributed by atoms with van der Waals surface area (Å²) in [6.45, 7) is 2.55. The van der Waals surface area contributed by atoms with E-state index in [9.17, 15) is 9.90 Å². The quantitative estimate of drug-likeness (QED) is 0.792. The number of nitrogens with one attached hydrogen (secondary N) is 1. The third-order valence-corrected chi connectivity index (χ3v) is 6.91. The highest BCUT2D eigenvalue weighted by Gasteiger charge is 2.32. The maximum absolute atomic E-state index is 12.0. The van der Waals surface area contributed by atoms with E-state index in [0.29, 0.717) is 17.3 Å². The van der Waals surface area contributed by atoms with Crippen molar-refractivity contribution in [2.75, 3.05) is 6.54 Å². The van der Waals surface area contributed by atoms with Crippen LogP contribution in [0.2, 0.25) is 0 Å². The van der Waals surface area contributed by atoms with Gasteiger partial charge in [0.2, 0.25) is 0 Å². The van der Waals surface area contributed by atoms with E-state index in [1.165, 1.54) is 11.3 Å². The lowest BCUT2D eigenvalue weighted by Crippen LogP contribution is -2.45. The summed E-state index contributed by atoms with van der Waals surface area (Å²) in [6, 6.07) is 1.79. The van der Waals surface area contributed by atoms with Gasteiger partial charge in [-0.25, -0.2) is 0 Å². The van der Waals surface area contributed by atoms with Crippen molar-refractivity contribution >= 4 is 49.1 Å². The molecule has 0 aromatic carbocycles. The molecule has 1 amide bonds. The van der Waals surface area contributed by atoms with Crippen molar-refractivity contribution in [3.05, 3.63) is 19.2 Å². The van der Waals surface area contributed by atoms with Gasteiger partial charge in [-0.2, -0.15) is 0 Å². The van der Waals surface area contributed by atoms with Crippen LogP contribution in [0.5, 0.6) is 0 Å². The Hall–Kier alpha value is 0.0900. The van der Waals surface area contributed by atoms with Crippen molar-refractivity contribution in [2.24, 2.45) is 5.92 Å². The maximum atomic E-state index is 12.0. The SMILES string of the molecule is CC1CCC(O)(CNC(=O)c2cc(Br)c(Br)s2)CC1.